The van der Waals surface area contributed by atoms with E-state index in [-0.39, 0.29) is 11.9 Å². The molecule has 1 heterocycles. The van der Waals surface area contributed by atoms with Gasteiger partial charge in [-0.2, -0.15) is 0 Å². The van der Waals surface area contributed by atoms with Crippen LogP contribution in [-0.4, -0.2) is 41.5 Å². The molecule has 1 saturated heterocycles. The predicted octanol–water partition coefficient (Wildman–Crippen LogP) is 4.51. The highest BCUT2D eigenvalue weighted by Crippen LogP contribution is 2.24. The maximum atomic E-state index is 12.2. The van der Waals surface area contributed by atoms with Gasteiger partial charge in [0.25, 0.3) is 0 Å². The van der Waals surface area contributed by atoms with Crippen LogP contribution in [0, 0.1) is 0 Å². The number of ether oxygens (including phenoxy) is 1. The summed E-state index contributed by atoms with van der Waals surface area (Å²) in [7, 11) is 0. The van der Waals surface area contributed by atoms with Gasteiger partial charge in [0.05, 0.1) is 5.56 Å². The Balaban J connectivity index is 2.02. The molecule has 0 aliphatic carbocycles. The number of halogens is 1. The highest BCUT2D eigenvalue weighted by molar-refractivity contribution is 6.30. The molecule has 2 rings (SSSR count). The van der Waals surface area contributed by atoms with Gasteiger partial charge in [-0.25, -0.2) is 9.59 Å². The highest BCUT2D eigenvalue weighted by atomic mass is 35.5. The van der Waals surface area contributed by atoms with Gasteiger partial charge in [0.15, 0.2) is 5.84 Å². The van der Waals surface area contributed by atoms with Gasteiger partial charge in [0.1, 0.15) is 5.60 Å². The van der Waals surface area contributed by atoms with Crippen molar-refractivity contribution in [3.05, 3.63) is 46.0 Å². The molecule has 1 aliphatic rings. The summed E-state index contributed by atoms with van der Waals surface area (Å²) >= 11 is 5.88. The van der Waals surface area contributed by atoms with Crippen LogP contribution in [0.15, 0.2) is 40.6 Å². The molecule has 0 atom stereocenters. The maximum Gasteiger partial charge on any atom is 0.410 e. The van der Waals surface area contributed by atoms with Crippen LogP contribution in [0.5, 0.6) is 0 Å². The van der Waals surface area contributed by atoms with Crippen LogP contribution in [0.3, 0.4) is 0 Å². The summed E-state index contributed by atoms with van der Waals surface area (Å²) in [5, 5.41) is 4.25. The van der Waals surface area contributed by atoms with Crippen molar-refractivity contribution in [2.45, 2.75) is 52.6 Å². The molecule has 1 amide bonds. The smallest absolute Gasteiger partial charge is 0.410 e. The molecule has 1 fully saturated rings. The van der Waals surface area contributed by atoms with E-state index in [1.165, 1.54) is 6.07 Å². The third-order valence-corrected chi connectivity index (χ3v) is 4.63. The normalized spacial score (nSPS) is 15.1. The topological polar surface area (TPSA) is 94.2 Å². The van der Waals surface area contributed by atoms with Crippen LogP contribution in [0.25, 0.3) is 0 Å². The van der Waals surface area contributed by atoms with E-state index in [0.29, 0.717) is 42.9 Å². The van der Waals surface area contributed by atoms with Crippen molar-refractivity contribution in [2.24, 2.45) is 10.9 Å². The number of piperidine rings is 1. The van der Waals surface area contributed by atoms with Gasteiger partial charge >= 0.3 is 12.1 Å². The molecule has 0 saturated carbocycles. The van der Waals surface area contributed by atoms with Crippen LogP contribution in [-0.2, 0) is 9.57 Å². The fraction of sp³-hybridized carbons (Fsp3) is 0.476. The van der Waals surface area contributed by atoms with Gasteiger partial charge in [-0.15, -0.1) is 0 Å². The zero-order valence-electron chi connectivity index (χ0n) is 17.3. The Kier molecular flexibility index (Phi) is 7.67. The summed E-state index contributed by atoms with van der Waals surface area (Å²) in [5.41, 5.74) is 7.80. The second kappa shape index (κ2) is 9.78. The van der Waals surface area contributed by atoms with Gasteiger partial charge in [-0.05, 0) is 63.8 Å². The van der Waals surface area contributed by atoms with Crippen LogP contribution in [0.1, 0.15) is 57.3 Å². The Morgan fingerprint density at radius 1 is 1.24 bits per heavy atom. The number of rotatable bonds is 4. The monoisotopic (exact) mass is 421 g/mol. The van der Waals surface area contributed by atoms with E-state index < -0.39 is 11.6 Å². The van der Waals surface area contributed by atoms with E-state index >= 15 is 0 Å². The van der Waals surface area contributed by atoms with E-state index in [1.807, 2.05) is 27.7 Å². The molecular formula is C21H28ClN3O4. The first-order valence-electron chi connectivity index (χ1n) is 9.60. The van der Waals surface area contributed by atoms with Crippen molar-refractivity contribution in [1.29, 1.82) is 0 Å². The van der Waals surface area contributed by atoms with Crippen LogP contribution in [0.2, 0.25) is 5.02 Å². The lowest BCUT2D eigenvalue weighted by Crippen LogP contribution is -2.40. The van der Waals surface area contributed by atoms with E-state index in [2.05, 4.69) is 5.16 Å². The molecule has 0 aromatic heterocycles. The minimum absolute atomic E-state index is 0.170. The number of amides is 1. The van der Waals surface area contributed by atoms with Gasteiger partial charge in [0, 0.05) is 18.1 Å². The highest BCUT2D eigenvalue weighted by Gasteiger charge is 2.26. The molecule has 0 unspecified atom stereocenters. The van der Waals surface area contributed by atoms with E-state index in [0.717, 1.165) is 11.1 Å². The molecule has 0 radical (unpaired) electrons. The van der Waals surface area contributed by atoms with Crippen LogP contribution >= 0.6 is 11.6 Å². The first-order chi connectivity index (χ1) is 13.6. The molecule has 7 nitrogen and oxygen atoms in total. The van der Waals surface area contributed by atoms with E-state index in [9.17, 15) is 9.59 Å². The standard InChI is InChI=1S/C21H28ClN3O4/c1-5-17(14-9-11-25(12-10-14)20(27)28-21(2,3)4)18(23)24-29-19(26)15-7-6-8-16(22)13-15/h6-8,13H,5,9-12H2,1-4H3,(H2,23,24). The Morgan fingerprint density at radius 2 is 1.90 bits per heavy atom. The summed E-state index contributed by atoms with van der Waals surface area (Å²) in [6, 6.07) is 6.41. The number of hydrogen-bond acceptors (Lipinski definition) is 5. The quantitative estimate of drug-likeness (QED) is 0.334. The molecule has 1 aliphatic heterocycles. The summed E-state index contributed by atoms with van der Waals surface area (Å²) in [6.45, 7) is 8.59. The van der Waals surface area contributed by atoms with Crippen molar-refractivity contribution >= 4 is 29.5 Å². The number of carbonyl (C=O) groups is 2. The Labute approximate surface area is 176 Å². The predicted molar refractivity (Wildman–Crippen MR) is 113 cm³/mol. The number of oxime groups is 1. The molecule has 0 spiro atoms. The average molecular weight is 422 g/mol. The molecule has 158 valence electrons. The first kappa shape index (κ1) is 22.7. The van der Waals surface area contributed by atoms with Crippen LogP contribution in [0.4, 0.5) is 4.79 Å². The fourth-order valence-electron chi connectivity index (χ4n) is 3.01. The number of hydrogen-bond donors (Lipinski definition) is 1. The Hall–Kier alpha value is -2.54. The minimum Gasteiger partial charge on any atom is -0.444 e. The molecule has 1 aromatic rings. The summed E-state index contributed by atoms with van der Waals surface area (Å²) in [6.07, 6.45) is 1.67. The van der Waals surface area contributed by atoms with Gasteiger partial charge in [-0.3, -0.25) is 0 Å². The molecule has 2 N–H and O–H groups in total. The summed E-state index contributed by atoms with van der Waals surface area (Å²) < 4.78 is 5.42. The van der Waals surface area contributed by atoms with Crippen molar-refractivity contribution in [1.82, 2.24) is 4.90 Å². The van der Waals surface area contributed by atoms with E-state index in [1.54, 1.807) is 23.1 Å². The maximum absolute atomic E-state index is 12.2. The number of benzene rings is 1. The Bertz CT molecular complexity index is 817. The molecule has 0 bridgehead atoms. The lowest BCUT2D eigenvalue weighted by molar-refractivity contribution is 0.0235. The average Bonchev–Trinajstić information content (AvgIpc) is 2.66. The zero-order valence-corrected chi connectivity index (χ0v) is 18.1. The third kappa shape index (κ3) is 6.78. The number of likely N-dealkylation sites (tertiary alicyclic amines) is 1. The lowest BCUT2D eigenvalue weighted by Gasteiger charge is -2.31. The number of amidine groups is 1. The molecular weight excluding hydrogens is 394 g/mol. The molecule has 29 heavy (non-hydrogen) atoms. The number of nitrogens with zero attached hydrogens (tertiary/aromatic N) is 2. The Morgan fingerprint density at radius 3 is 2.45 bits per heavy atom. The molecule has 8 heteroatoms. The molecule has 1 aromatic carbocycles. The second-order valence-electron chi connectivity index (χ2n) is 7.77. The van der Waals surface area contributed by atoms with Gasteiger partial charge in [0.2, 0.25) is 0 Å². The SMILES string of the molecule is CCC(=C1CCN(C(=O)OC(C)(C)C)CC1)/C(N)=N\OC(=O)c1cccc(Cl)c1. The minimum atomic E-state index is -0.629. The van der Waals surface area contributed by atoms with Crippen molar-refractivity contribution in [3.8, 4) is 0 Å². The summed E-state index contributed by atoms with van der Waals surface area (Å²) in [4.78, 5) is 31.0. The zero-order chi connectivity index (χ0) is 21.6. The van der Waals surface area contributed by atoms with Crippen molar-refractivity contribution < 1.29 is 19.2 Å². The van der Waals surface area contributed by atoms with Crippen LogP contribution < -0.4 is 5.73 Å². The largest absolute Gasteiger partial charge is 0.444 e. The van der Waals surface area contributed by atoms with Gasteiger partial charge < -0.3 is 20.2 Å². The first-order valence-corrected chi connectivity index (χ1v) is 9.98. The number of carbonyl (C=O) groups excluding carboxylic acids is 2. The number of nitrogens with two attached hydrogens (primary N) is 1. The lowest BCUT2D eigenvalue weighted by atomic mass is 9.96. The van der Waals surface area contributed by atoms with Crippen molar-refractivity contribution in [3.63, 3.8) is 0 Å². The second-order valence-corrected chi connectivity index (χ2v) is 8.21. The van der Waals surface area contributed by atoms with Crippen molar-refractivity contribution in [2.75, 3.05) is 13.1 Å². The van der Waals surface area contributed by atoms with E-state index in [4.69, 9.17) is 26.9 Å². The van der Waals surface area contributed by atoms with Gasteiger partial charge in [-0.1, -0.05) is 35.3 Å². The fourth-order valence-corrected chi connectivity index (χ4v) is 3.20. The summed E-state index contributed by atoms with van der Waals surface area (Å²) in [5.74, 6) is -0.459. The third-order valence-electron chi connectivity index (χ3n) is 4.40.